The quantitative estimate of drug-likeness (QED) is 0.567. The highest BCUT2D eigenvalue weighted by Crippen LogP contribution is 2.37. The molecule has 164 valence electrons. The summed E-state index contributed by atoms with van der Waals surface area (Å²) < 4.78 is 6.11. The standard InChI is InChI=1S/C21H26N6O3S/c1-26(2)21-24-10-14(11-25-21)12-27-7-9-30-16(13-27)17-15-4-3-5-23-20(15)31-18(17)19(29)22-6-8-28/h3-5,10-11,16,28H,6-9,12-13H2,1-2H3,(H,22,29)/t16-/m0/s1. The summed E-state index contributed by atoms with van der Waals surface area (Å²) in [5.41, 5.74) is 1.90. The van der Waals surface area contributed by atoms with E-state index in [0.717, 1.165) is 27.9 Å². The number of carbonyl (C=O) groups is 1. The molecule has 1 aliphatic rings. The lowest BCUT2D eigenvalue weighted by Crippen LogP contribution is -2.38. The van der Waals surface area contributed by atoms with Gasteiger partial charge in [-0.2, -0.15) is 0 Å². The van der Waals surface area contributed by atoms with Crippen molar-refractivity contribution in [2.45, 2.75) is 12.6 Å². The van der Waals surface area contributed by atoms with Crippen LogP contribution in [0, 0.1) is 0 Å². The number of hydrogen-bond acceptors (Lipinski definition) is 9. The topological polar surface area (TPSA) is 104 Å². The third-order valence-corrected chi connectivity index (χ3v) is 6.21. The highest BCUT2D eigenvalue weighted by Gasteiger charge is 2.30. The number of thiophene rings is 1. The number of nitrogens with zero attached hydrogens (tertiary/aromatic N) is 5. The summed E-state index contributed by atoms with van der Waals surface area (Å²) in [6.07, 6.45) is 5.18. The van der Waals surface area contributed by atoms with Gasteiger partial charge in [-0.25, -0.2) is 15.0 Å². The van der Waals surface area contributed by atoms with Crippen LogP contribution in [-0.2, 0) is 11.3 Å². The summed E-state index contributed by atoms with van der Waals surface area (Å²) >= 11 is 1.36. The Morgan fingerprint density at radius 2 is 2.16 bits per heavy atom. The molecule has 1 aliphatic heterocycles. The zero-order chi connectivity index (χ0) is 21.8. The van der Waals surface area contributed by atoms with Crippen LogP contribution in [0.2, 0.25) is 0 Å². The van der Waals surface area contributed by atoms with E-state index in [0.29, 0.717) is 30.5 Å². The molecule has 0 bridgehead atoms. The van der Waals surface area contributed by atoms with Gasteiger partial charge >= 0.3 is 0 Å². The molecule has 10 heteroatoms. The molecule has 3 aromatic heterocycles. The van der Waals surface area contributed by atoms with Gasteiger partial charge in [-0.05, 0) is 6.07 Å². The minimum atomic E-state index is -0.247. The second-order valence-electron chi connectivity index (χ2n) is 7.56. The molecule has 2 N–H and O–H groups in total. The Hall–Kier alpha value is -2.66. The van der Waals surface area contributed by atoms with E-state index in [1.807, 2.05) is 43.5 Å². The summed E-state index contributed by atoms with van der Waals surface area (Å²) in [6.45, 7) is 2.82. The van der Waals surface area contributed by atoms with Crippen LogP contribution in [0.3, 0.4) is 0 Å². The van der Waals surface area contributed by atoms with Crippen molar-refractivity contribution >= 4 is 33.4 Å². The maximum Gasteiger partial charge on any atom is 0.261 e. The molecule has 0 saturated carbocycles. The van der Waals surface area contributed by atoms with Crippen molar-refractivity contribution in [3.63, 3.8) is 0 Å². The van der Waals surface area contributed by atoms with Crippen LogP contribution >= 0.6 is 11.3 Å². The second kappa shape index (κ2) is 9.65. The van der Waals surface area contributed by atoms with Crippen LogP contribution in [0.15, 0.2) is 30.7 Å². The highest BCUT2D eigenvalue weighted by atomic mass is 32.1. The van der Waals surface area contributed by atoms with Crippen molar-refractivity contribution in [3.8, 4) is 0 Å². The zero-order valence-corrected chi connectivity index (χ0v) is 18.4. The first kappa shape index (κ1) is 21.6. The summed E-state index contributed by atoms with van der Waals surface area (Å²) in [6, 6.07) is 3.85. The lowest BCUT2D eigenvalue weighted by molar-refractivity contribution is -0.0323. The summed E-state index contributed by atoms with van der Waals surface area (Å²) in [7, 11) is 3.83. The van der Waals surface area contributed by atoms with Gasteiger partial charge in [-0.1, -0.05) is 6.07 Å². The number of carbonyl (C=O) groups excluding carboxylic acids is 1. The van der Waals surface area contributed by atoms with Crippen LogP contribution < -0.4 is 10.2 Å². The minimum absolute atomic E-state index is 0.105. The van der Waals surface area contributed by atoms with Gasteiger partial charge in [0.2, 0.25) is 5.95 Å². The maximum absolute atomic E-state index is 12.8. The molecule has 0 aliphatic carbocycles. The molecule has 4 heterocycles. The maximum atomic E-state index is 12.8. The van der Waals surface area contributed by atoms with Crippen LogP contribution in [-0.4, -0.2) is 77.8 Å². The molecule has 4 rings (SSSR count). The van der Waals surface area contributed by atoms with Crippen molar-refractivity contribution in [3.05, 3.63) is 46.7 Å². The van der Waals surface area contributed by atoms with Crippen molar-refractivity contribution < 1.29 is 14.6 Å². The fourth-order valence-electron chi connectivity index (χ4n) is 3.63. The third-order valence-electron chi connectivity index (χ3n) is 5.08. The number of amides is 1. The number of morpholine rings is 1. The molecule has 9 nitrogen and oxygen atoms in total. The number of aliphatic hydroxyl groups is 1. The van der Waals surface area contributed by atoms with Crippen LogP contribution in [0.4, 0.5) is 5.95 Å². The summed E-state index contributed by atoms with van der Waals surface area (Å²) in [5.74, 6) is 0.472. The van der Waals surface area contributed by atoms with Gasteiger partial charge in [-0.3, -0.25) is 9.69 Å². The molecule has 1 atom stereocenters. The molecule has 1 fully saturated rings. The Labute approximate surface area is 184 Å². The first-order valence-electron chi connectivity index (χ1n) is 10.2. The predicted molar refractivity (Wildman–Crippen MR) is 119 cm³/mol. The number of pyridine rings is 1. The molecule has 0 spiro atoms. The van der Waals surface area contributed by atoms with Gasteiger partial charge in [-0.15, -0.1) is 11.3 Å². The molecular formula is C21H26N6O3S. The molecule has 0 aromatic carbocycles. The smallest absolute Gasteiger partial charge is 0.261 e. The average molecular weight is 443 g/mol. The summed E-state index contributed by atoms with van der Waals surface area (Å²) in [5, 5.41) is 12.8. The second-order valence-corrected chi connectivity index (χ2v) is 8.56. The average Bonchev–Trinajstić information content (AvgIpc) is 3.18. The fourth-order valence-corrected chi connectivity index (χ4v) is 4.74. The Kier molecular flexibility index (Phi) is 6.71. The Balaban J connectivity index is 1.56. The number of nitrogens with one attached hydrogen (secondary N) is 1. The van der Waals surface area contributed by atoms with Crippen LogP contribution in [0.5, 0.6) is 0 Å². The Morgan fingerprint density at radius 1 is 1.35 bits per heavy atom. The first-order chi connectivity index (χ1) is 15.1. The van der Waals surface area contributed by atoms with Crippen LogP contribution in [0.25, 0.3) is 10.2 Å². The molecule has 3 aromatic rings. The molecule has 1 saturated heterocycles. The van der Waals surface area contributed by atoms with E-state index in [-0.39, 0.29) is 25.2 Å². The van der Waals surface area contributed by atoms with Gasteiger partial charge < -0.3 is 20.1 Å². The van der Waals surface area contributed by atoms with E-state index in [2.05, 4.69) is 25.2 Å². The molecular weight excluding hydrogens is 416 g/mol. The van der Waals surface area contributed by atoms with Gasteiger partial charge in [0, 0.05) is 75.4 Å². The van der Waals surface area contributed by atoms with Crippen LogP contribution in [0.1, 0.15) is 26.9 Å². The minimum Gasteiger partial charge on any atom is -0.395 e. The van der Waals surface area contributed by atoms with E-state index in [4.69, 9.17) is 9.84 Å². The summed E-state index contributed by atoms with van der Waals surface area (Å²) in [4.78, 5) is 31.5. The monoisotopic (exact) mass is 442 g/mol. The highest BCUT2D eigenvalue weighted by molar-refractivity contribution is 7.20. The normalized spacial score (nSPS) is 17.1. The Morgan fingerprint density at radius 3 is 2.90 bits per heavy atom. The van der Waals surface area contributed by atoms with Gasteiger partial charge in [0.25, 0.3) is 5.91 Å². The predicted octanol–water partition coefficient (Wildman–Crippen LogP) is 1.45. The SMILES string of the molecule is CN(C)c1ncc(CN2CCO[C@H](c3c(C(=O)NCCO)sc4ncccc34)C2)cn1. The van der Waals surface area contributed by atoms with Crippen molar-refractivity contribution in [2.75, 3.05) is 51.8 Å². The number of hydrogen-bond donors (Lipinski definition) is 2. The zero-order valence-electron chi connectivity index (χ0n) is 17.6. The van der Waals surface area contributed by atoms with Gasteiger partial charge in [0.05, 0.1) is 19.3 Å². The van der Waals surface area contributed by atoms with E-state index in [1.54, 1.807) is 6.20 Å². The lowest BCUT2D eigenvalue weighted by Gasteiger charge is -2.33. The van der Waals surface area contributed by atoms with E-state index in [9.17, 15) is 4.79 Å². The molecule has 1 amide bonds. The van der Waals surface area contributed by atoms with E-state index >= 15 is 0 Å². The molecule has 0 unspecified atom stereocenters. The molecule has 0 radical (unpaired) electrons. The van der Waals surface area contributed by atoms with Gasteiger partial charge in [0.15, 0.2) is 0 Å². The number of anilines is 1. The fraction of sp³-hybridized carbons (Fsp3) is 0.429. The van der Waals surface area contributed by atoms with E-state index < -0.39 is 0 Å². The van der Waals surface area contributed by atoms with Crippen molar-refractivity contribution in [2.24, 2.45) is 0 Å². The number of fused-ring (bicyclic) bond motifs is 1. The van der Waals surface area contributed by atoms with Crippen molar-refractivity contribution in [1.29, 1.82) is 0 Å². The number of aliphatic hydroxyl groups excluding tert-OH is 1. The van der Waals surface area contributed by atoms with Gasteiger partial charge in [0.1, 0.15) is 9.71 Å². The largest absolute Gasteiger partial charge is 0.395 e. The number of aromatic nitrogens is 3. The number of ether oxygens (including phenoxy) is 1. The van der Waals surface area contributed by atoms with Crippen molar-refractivity contribution in [1.82, 2.24) is 25.2 Å². The molecule has 31 heavy (non-hydrogen) atoms. The Bertz CT molecular complexity index is 1040. The first-order valence-corrected chi connectivity index (χ1v) is 11.0. The number of rotatable bonds is 7. The van der Waals surface area contributed by atoms with E-state index in [1.165, 1.54) is 11.3 Å². The lowest BCUT2D eigenvalue weighted by atomic mass is 10.0. The third kappa shape index (κ3) is 4.82.